The fraction of sp³-hybridized carbons (Fsp3) is 1.00. The van der Waals surface area contributed by atoms with Gasteiger partial charge >= 0.3 is 0 Å². The Kier molecular flexibility index (Phi) is 6.45. The van der Waals surface area contributed by atoms with Crippen LogP contribution in [0.5, 0.6) is 0 Å². The average molecular weight is 184 g/mol. The van der Waals surface area contributed by atoms with Crippen LogP contribution in [0.2, 0.25) is 0 Å². The van der Waals surface area contributed by atoms with E-state index < -0.39 is 0 Å². The molecule has 1 fully saturated rings. The Morgan fingerprint density at radius 2 is 1.69 bits per heavy atom. The standard InChI is InChI=1S/C11H22.C2H6/c1-4-11(7-5-8-11)9-6-10(2)3;1-2/h10H,4-9H2,1-3H3;1-2H3. The minimum absolute atomic E-state index is 0.796. The highest BCUT2D eigenvalue weighted by molar-refractivity contribution is 4.86. The van der Waals surface area contributed by atoms with E-state index in [9.17, 15) is 0 Å². The third-order valence-corrected chi connectivity index (χ3v) is 3.42. The minimum atomic E-state index is 0.796. The van der Waals surface area contributed by atoms with Gasteiger partial charge in [0.2, 0.25) is 0 Å². The predicted molar refractivity (Wildman–Crippen MR) is 62.0 cm³/mol. The van der Waals surface area contributed by atoms with Crippen molar-refractivity contribution < 1.29 is 0 Å². The molecule has 1 aliphatic rings. The molecular weight excluding hydrogens is 156 g/mol. The Labute approximate surface area is 85.1 Å². The van der Waals surface area contributed by atoms with Gasteiger partial charge in [0, 0.05) is 0 Å². The molecule has 0 radical (unpaired) electrons. The van der Waals surface area contributed by atoms with Gasteiger partial charge in [-0.15, -0.1) is 0 Å². The summed E-state index contributed by atoms with van der Waals surface area (Å²) in [6.45, 7) is 11.0. The Bertz CT molecular complexity index is 104. The van der Waals surface area contributed by atoms with Gasteiger partial charge in [0.15, 0.2) is 0 Å². The highest BCUT2D eigenvalue weighted by atomic mass is 14.4. The molecule has 0 heterocycles. The van der Waals surface area contributed by atoms with Gasteiger partial charge in [-0.3, -0.25) is 0 Å². The van der Waals surface area contributed by atoms with E-state index in [1.807, 2.05) is 13.8 Å². The van der Waals surface area contributed by atoms with Gasteiger partial charge in [-0.05, 0) is 30.6 Å². The molecule has 0 aromatic carbocycles. The maximum absolute atomic E-state index is 2.36. The van der Waals surface area contributed by atoms with E-state index in [-0.39, 0.29) is 0 Å². The molecule has 1 aliphatic carbocycles. The Balaban J connectivity index is 0.000000671. The molecule has 0 saturated heterocycles. The Hall–Kier alpha value is 0. The van der Waals surface area contributed by atoms with E-state index in [1.165, 1.54) is 38.5 Å². The van der Waals surface area contributed by atoms with Crippen LogP contribution in [0.1, 0.15) is 73.1 Å². The van der Waals surface area contributed by atoms with E-state index in [0.29, 0.717) is 0 Å². The van der Waals surface area contributed by atoms with Crippen molar-refractivity contribution in [2.75, 3.05) is 0 Å². The van der Waals surface area contributed by atoms with Crippen molar-refractivity contribution in [3.8, 4) is 0 Å². The fourth-order valence-corrected chi connectivity index (χ4v) is 2.05. The second kappa shape index (κ2) is 6.45. The molecule has 1 rings (SSSR count). The van der Waals surface area contributed by atoms with Crippen molar-refractivity contribution in [3.05, 3.63) is 0 Å². The zero-order chi connectivity index (χ0) is 10.3. The lowest BCUT2D eigenvalue weighted by atomic mass is 9.64. The first-order valence-electron chi connectivity index (χ1n) is 6.18. The summed E-state index contributed by atoms with van der Waals surface area (Å²) in [4.78, 5) is 0. The van der Waals surface area contributed by atoms with E-state index in [2.05, 4.69) is 20.8 Å². The van der Waals surface area contributed by atoms with E-state index in [4.69, 9.17) is 0 Å². The Morgan fingerprint density at radius 1 is 1.15 bits per heavy atom. The number of rotatable bonds is 4. The summed E-state index contributed by atoms with van der Waals surface area (Å²) in [6.07, 6.45) is 8.85. The third kappa shape index (κ3) is 4.15. The molecule has 80 valence electrons. The quantitative estimate of drug-likeness (QED) is 0.575. The maximum Gasteiger partial charge on any atom is -0.0300 e. The van der Waals surface area contributed by atoms with Crippen LogP contribution in [0.15, 0.2) is 0 Å². The fourth-order valence-electron chi connectivity index (χ4n) is 2.05. The van der Waals surface area contributed by atoms with Crippen LogP contribution in [0.3, 0.4) is 0 Å². The summed E-state index contributed by atoms with van der Waals surface area (Å²) in [5.41, 5.74) is 0.796. The van der Waals surface area contributed by atoms with Crippen LogP contribution in [-0.4, -0.2) is 0 Å². The van der Waals surface area contributed by atoms with Crippen molar-refractivity contribution in [1.82, 2.24) is 0 Å². The van der Waals surface area contributed by atoms with E-state index in [0.717, 1.165) is 11.3 Å². The van der Waals surface area contributed by atoms with Gasteiger partial charge in [0.1, 0.15) is 0 Å². The topological polar surface area (TPSA) is 0 Å². The van der Waals surface area contributed by atoms with E-state index >= 15 is 0 Å². The molecule has 0 aromatic heterocycles. The SMILES string of the molecule is CC.CCC1(CCC(C)C)CCC1. The van der Waals surface area contributed by atoms with Crippen molar-refractivity contribution >= 4 is 0 Å². The van der Waals surface area contributed by atoms with Crippen LogP contribution in [0.25, 0.3) is 0 Å². The molecule has 1 saturated carbocycles. The number of hydrogen-bond donors (Lipinski definition) is 0. The summed E-state index contributed by atoms with van der Waals surface area (Å²) >= 11 is 0. The van der Waals surface area contributed by atoms with E-state index in [1.54, 1.807) is 0 Å². The van der Waals surface area contributed by atoms with Crippen molar-refractivity contribution in [3.63, 3.8) is 0 Å². The summed E-state index contributed by atoms with van der Waals surface area (Å²) in [6, 6.07) is 0. The van der Waals surface area contributed by atoms with Gasteiger partial charge in [-0.1, -0.05) is 53.9 Å². The first kappa shape index (κ1) is 13.0. The second-order valence-corrected chi connectivity index (χ2v) is 4.64. The molecule has 0 spiro atoms. The predicted octanol–water partition coefficient (Wildman–Crippen LogP) is 5.03. The first-order chi connectivity index (χ1) is 6.18. The van der Waals surface area contributed by atoms with Gasteiger partial charge < -0.3 is 0 Å². The molecule has 0 N–H and O–H groups in total. The molecule has 0 heteroatoms. The summed E-state index contributed by atoms with van der Waals surface area (Å²) in [7, 11) is 0. The van der Waals surface area contributed by atoms with Crippen molar-refractivity contribution in [2.45, 2.75) is 73.1 Å². The lowest BCUT2D eigenvalue weighted by molar-refractivity contribution is 0.105. The number of hydrogen-bond acceptors (Lipinski definition) is 0. The zero-order valence-corrected chi connectivity index (χ0v) is 10.3. The molecule has 0 aliphatic heterocycles. The van der Waals surface area contributed by atoms with Gasteiger partial charge in [-0.25, -0.2) is 0 Å². The molecule has 0 bridgehead atoms. The lowest BCUT2D eigenvalue weighted by Crippen LogP contribution is -2.28. The minimum Gasteiger partial charge on any atom is -0.0683 e. The van der Waals surface area contributed by atoms with Crippen molar-refractivity contribution in [1.29, 1.82) is 0 Å². The van der Waals surface area contributed by atoms with Crippen LogP contribution in [-0.2, 0) is 0 Å². The molecular formula is C13H28. The smallest absolute Gasteiger partial charge is 0.0300 e. The van der Waals surface area contributed by atoms with Gasteiger partial charge in [-0.2, -0.15) is 0 Å². The molecule has 0 unspecified atom stereocenters. The molecule has 0 aromatic rings. The van der Waals surface area contributed by atoms with Crippen LogP contribution < -0.4 is 0 Å². The normalized spacial score (nSPS) is 18.9. The summed E-state index contributed by atoms with van der Waals surface area (Å²) < 4.78 is 0. The van der Waals surface area contributed by atoms with Crippen LogP contribution >= 0.6 is 0 Å². The van der Waals surface area contributed by atoms with Crippen LogP contribution in [0, 0.1) is 11.3 Å². The van der Waals surface area contributed by atoms with Gasteiger partial charge in [0.25, 0.3) is 0 Å². The highest BCUT2D eigenvalue weighted by Gasteiger charge is 2.34. The third-order valence-electron chi connectivity index (χ3n) is 3.42. The zero-order valence-electron chi connectivity index (χ0n) is 10.3. The summed E-state index contributed by atoms with van der Waals surface area (Å²) in [5, 5.41) is 0. The second-order valence-electron chi connectivity index (χ2n) is 4.64. The van der Waals surface area contributed by atoms with Crippen LogP contribution in [0.4, 0.5) is 0 Å². The first-order valence-corrected chi connectivity index (χ1v) is 6.18. The largest absolute Gasteiger partial charge is 0.0683 e. The monoisotopic (exact) mass is 184 g/mol. The lowest BCUT2D eigenvalue weighted by Gasteiger charge is -2.42. The maximum atomic E-state index is 2.36. The van der Waals surface area contributed by atoms with Gasteiger partial charge in [0.05, 0.1) is 0 Å². The highest BCUT2D eigenvalue weighted by Crippen LogP contribution is 2.47. The molecule has 0 amide bonds. The Morgan fingerprint density at radius 3 is 1.92 bits per heavy atom. The molecule has 0 nitrogen and oxygen atoms in total. The van der Waals surface area contributed by atoms with Crippen molar-refractivity contribution in [2.24, 2.45) is 11.3 Å². The average Bonchev–Trinajstić information content (AvgIpc) is 2.07. The molecule has 0 atom stereocenters. The summed E-state index contributed by atoms with van der Waals surface area (Å²) in [5.74, 6) is 0.902. The molecule has 13 heavy (non-hydrogen) atoms.